The number of sulfone groups is 1. The molecule has 2 rings (SSSR count). The first-order valence-corrected chi connectivity index (χ1v) is 8.50. The number of rotatable bonds is 5. The predicted molar refractivity (Wildman–Crippen MR) is 84.6 cm³/mol. The van der Waals surface area contributed by atoms with E-state index in [1.54, 1.807) is 25.3 Å². The normalized spacial score (nSPS) is 12.7. The minimum absolute atomic E-state index is 0.0608. The van der Waals surface area contributed by atoms with Crippen LogP contribution in [-0.2, 0) is 9.84 Å². The van der Waals surface area contributed by atoms with Crippen LogP contribution in [0.3, 0.4) is 0 Å². The van der Waals surface area contributed by atoms with Gasteiger partial charge in [0.2, 0.25) is 0 Å². The molecule has 0 bridgehead atoms. The van der Waals surface area contributed by atoms with E-state index in [2.05, 4.69) is 5.32 Å². The van der Waals surface area contributed by atoms with Gasteiger partial charge in [0.1, 0.15) is 5.75 Å². The molecule has 0 heterocycles. The van der Waals surface area contributed by atoms with Crippen LogP contribution in [0.4, 0.5) is 5.69 Å². The van der Waals surface area contributed by atoms with Crippen molar-refractivity contribution < 1.29 is 13.2 Å². The van der Waals surface area contributed by atoms with E-state index >= 15 is 0 Å². The van der Waals surface area contributed by atoms with Gasteiger partial charge in [-0.25, -0.2) is 8.42 Å². The van der Waals surface area contributed by atoms with Crippen molar-refractivity contribution in [1.29, 1.82) is 0 Å². The molecule has 0 spiro atoms. The number of ether oxygens (including phenoxy) is 1. The Balaban J connectivity index is 2.17. The van der Waals surface area contributed by atoms with Gasteiger partial charge in [-0.3, -0.25) is 0 Å². The molecule has 0 aromatic heterocycles. The number of hydrogen-bond donors (Lipinski definition) is 1. The molecule has 112 valence electrons. The van der Waals surface area contributed by atoms with Gasteiger partial charge in [0.05, 0.1) is 12.0 Å². The molecular weight excluding hydrogens is 286 g/mol. The van der Waals surface area contributed by atoms with Crippen molar-refractivity contribution in [2.45, 2.75) is 17.9 Å². The molecule has 0 radical (unpaired) electrons. The Hall–Kier alpha value is -2.01. The second kappa shape index (κ2) is 6.18. The van der Waals surface area contributed by atoms with E-state index in [4.69, 9.17) is 4.74 Å². The molecule has 0 amide bonds. The van der Waals surface area contributed by atoms with Crippen LogP contribution in [0.1, 0.15) is 18.5 Å². The molecule has 0 fully saturated rings. The van der Waals surface area contributed by atoms with E-state index in [9.17, 15) is 8.42 Å². The lowest BCUT2D eigenvalue weighted by molar-refractivity contribution is 0.414. The van der Waals surface area contributed by atoms with Crippen LogP contribution < -0.4 is 10.1 Å². The topological polar surface area (TPSA) is 55.4 Å². The first-order chi connectivity index (χ1) is 9.90. The van der Waals surface area contributed by atoms with Crippen molar-refractivity contribution in [2.24, 2.45) is 0 Å². The fourth-order valence-electron chi connectivity index (χ4n) is 2.04. The lowest BCUT2D eigenvalue weighted by Crippen LogP contribution is -2.07. The highest BCUT2D eigenvalue weighted by atomic mass is 32.2. The van der Waals surface area contributed by atoms with Gasteiger partial charge in [-0.2, -0.15) is 0 Å². The highest BCUT2D eigenvalue weighted by Gasteiger charge is 2.09. The highest BCUT2D eigenvalue weighted by molar-refractivity contribution is 7.90. The highest BCUT2D eigenvalue weighted by Crippen LogP contribution is 2.23. The third-order valence-corrected chi connectivity index (χ3v) is 4.37. The predicted octanol–water partition coefficient (Wildman–Crippen LogP) is 3.27. The van der Waals surface area contributed by atoms with E-state index in [0.717, 1.165) is 17.0 Å². The van der Waals surface area contributed by atoms with E-state index in [1.807, 2.05) is 37.3 Å². The molecule has 2 aromatic rings. The van der Waals surface area contributed by atoms with Crippen LogP contribution in [0.2, 0.25) is 0 Å². The summed E-state index contributed by atoms with van der Waals surface area (Å²) < 4.78 is 28.3. The van der Waals surface area contributed by atoms with Gasteiger partial charge in [0, 0.05) is 18.0 Å². The molecule has 5 heteroatoms. The standard InChI is InChI=1S/C16H19NO3S/c1-12(13-7-9-15(20-2)10-8-13)17-14-5-4-6-16(11-14)21(3,18)19/h4-12,17H,1-3H3. The van der Waals surface area contributed by atoms with Crippen molar-refractivity contribution in [3.05, 3.63) is 54.1 Å². The third-order valence-electron chi connectivity index (χ3n) is 3.26. The molecule has 1 N–H and O–H groups in total. The maximum absolute atomic E-state index is 11.6. The SMILES string of the molecule is COc1ccc(C(C)Nc2cccc(S(C)(=O)=O)c2)cc1. The number of hydrogen-bond acceptors (Lipinski definition) is 4. The van der Waals surface area contributed by atoms with Gasteiger partial charge in [0.25, 0.3) is 0 Å². The molecule has 0 saturated heterocycles. The smallest absolute Gasteiger partial charge is 0.175 e. The summed E-state index contributed by atoms with van der Waals surface area (Å²) in [6.45, 7) is 2.02. The van der Waals surface area contributed by atoms with Gasteiger partial charge in [-0.05, 0) is 42.8 Å². The van der Waals surface area contributed by atoms with Crippen molar-refractivity contribution >= 4 is 15.5 Å². The fraction of sp³-hybridized carbons (Fsp3) is 0.250. The Kier molecular flexibility index (Phi) is 4.53. The van der Waals surface area contributed by atoms with Crippen molar-refractivity contribution in [3.8, 4) is 5.75 Å². The summed E-state index contributed by atoms with van der Waals surface area (Å²) in [6.07, 6.45) is 1.21. The Morgan fingerprint density at radius 1 is 1.10 bits per heavy atom. The van der Waals surface area contributed by atoms with E-state index in [1.165, 1.54) is 6.26 Å². The van der Waals surface area contributed by atoms with Crippen LogP contribution in [0.15, 0.2) is 53.4 Å². The Bertz CT molecular complexity index is 709. The molecule has 0 aliphatic carbocycles. The van der Waals surface area contributed by atoms with E-state index in [0.29, 0.717) is 4.90 Å². The first-order valence-electron chi connectivity index (χ1n) is 6.61. The Morgan fingerprint density at radius 2 is 1.76 bits per heavy atom. The molecule has 1 atom stereocenters. The second-order valence-electron chi connectivity index (χ2n) is 4.94. The lowest BCUT2D eigenvalue weighted by atomic mass is 10.1. The number of methoxy groups -OCH3 is 1. The van der Waals surface area contributed by atoms with Gasteiger partial charge >= 0.3 is 0 Å². The quantitative estimate of drug-likeness (QED) is 0.921. The summed E-state index contributed by atoms with van der Waals surface area (Å²) in [4.78, 5) is 0.314. The zero-order valence-electron chi connectivity index (χ0n) is 12.3. The largest absolute Gasteiger partial charge is 0.497 e. The van der Waals surface area contributed by atoms with Crippen LogP contribution in [0.25, 0.3) is 0 Å². The molecule has 2 aromatic carbocycles. The van der Waals surface area contributed by atoms with E-state index in [-0.39, 0.29) is 6.04 Å². The van der Waals surface area contributed by atoms with E-state index < -0.39 is 9.84 Å². The monoisotopic (exact) mass is 305 g/mol. The van der Waals surface area contributed by atoms with Crippen LogP contribution in [0, 0.1) is 0 Å². The molecule has 0 aliphatic rings. The van der Waals surface area contributed by atoms with Crippen LogP contribution in [-0.4, -0.2) is 21.8 Å². The molecule has 0 saturated carbocycles. The van der Waals surface area contributed by atoms with Gasteiger partial charge in [-0.15, -0.1) is 0 Å². The molecular formula is C16H19NO3S. The van der Waals surface area contributed by atoms with Crippen LogP contribution in [0.5, 0.6) is 5.75 Å². The minimum atomic E-state index is -3.19. The Labute approximate surface area is 125 Å². The summed E-state index contributed by atoms with van der Waals surface area (Å²) >= 11 is 0. The molecule has 21 heavy (non-hydrogen) atoms. The molecule has 0 aliphatic heterocycles. The summed E-state index contributed by atoms with van der Waals surface area (Å²) in [5.74, 6) is 0.810. The fourth-order valence-corrected chi connectivity index (χ4v) is 2.71. The zero-order valence-corrected chi connectivity index (χ0v) is 13.1. The number of nitrogens with one attached hydrogen (secondary N) is 1. The van der Waals surface area contributed by atoms with Gasteiger partial charge in [0.15, 0.2) is 9.84 Å². The first kappa shape index (κ1) is 15.4. The third kappa shape index (κ3) is 3.98. The maximum atomic E-state index is 11.6. The second-order valence-corrected chi connectivity index (χ2v) is 6.95. The van der Waals surface area contributed by atoms with Crippen molar-refractivity contribution in [1.82, 2.24) is 0 Å². The zero-order chi connectivity index (χ0) is 15.5. The summed E-state index contributed by atoms with van der Waals surface area (Å²) in [6, 6.07) is 14.7. The van der Waals surface area contributed by atoms with Gasteiger partial charge < -0.3 is 10.1 Å². The number of anilines is 1. The summed E-state index contributed by atoms with van der Waals surface area (Å²) in [7, 11) is -1.56. The number of benzene rings is 2. The minimum Gasteiger partial charge on any atom is -0.497 e. The summed E-state index contributed by atoms with van der Waals surface area (Å²) in [5.41, 5.74) is 1.88. The molecule has 4 nitrogen and oxygen atoms in total. The average molecular weight is 305 g/mol. The Morgan fingerprint density at radius 3 is 2.33 bits per heavy atom. The van der Waals surface area contributed by atoms with Gasteiger partial charge in [-0.1, -0.05) is 18.2 Å². The van der Waals surface area contributed by atoms with Crippen molar-refractivity contribution in [3.63, 3.8) is 0 Å². The van der Waals surface area contributed by atoms with Crippen molar-refractivity contribution in [2.75, 3.05) is 18.7 Å². The lowest BCUT2D eigenvalue weighted by Gasteiger charge is -2.16. The maximum Gasteiger partial charge on any atom is 0.175 e. The molecule has 1 unspecified atom stereocenters. The average Bonchev–Trinajstić information content (AvgIpc) is 2.47. The van der Waals surface area contributed by atoms with Crippen LogP contribution >= 0.6 is 0 Å². The summed E-state index contributed by atoms with van der Waals surface area (Å²) in [5, 5.41) is 3.30.